The summed E-state index contributed by atoms with van der Waals surface area (Å²) in [6, 6.07) is 40.7. The first-order valence-electron chi connectivity index (χ1n) is 12.0. The SMILES string of the molecule is CC1(C)C(c2ccccc2)=NN(c2ccc(CNCc3ccccc3)cc2)[C@H]1c1ccccc1. The highest BCUT2D eigenvalue weighted by atomic mass is 15.5. The molecular formula is C31H31N3. The number of nitrogens with one attached hydrogen (secondary N) is 1. The third-order valence-electron chi connectivity index (χ3n) is 6.61. The maximum absolute atomic E-state index is 5.20. The van der Waals surface area contributed by atoms with E-state index >= 15 is 0 Å². The molecule has 1 atom stereocenters. The summed E-state index contributed by atoms with van der Waals surface area (Å²) in [6.07, 6.45) is 0. The maximum Gasteiger partial charge on any atom is 0.0882 e. The average Bonchev–Trinajstić information content (AvgIpc) is 3.17. The molecule has 0 spiro atoms. The van der Waals surface area contributed by atoms with Crippen molar-refractivity contribution >= 4 is 11.4 Å². The van der Waals surface area contributed by atoms with Crippen molar-refractivity contribution in [3.8, 4) is 0 Å². The van der Waals surface area contributed by atoms with Crippen molar-refractivity contribution in [1.29, 1.82) is 0 Å². The Kier molecular flexibility index (Phi) is 6.29. The minimum absolute atomic E-state index is 0.117. The summed E-state index contributed by atoms with van der Waals surface area (Å²) in [7, 11) is 0. The van der Waals surface area contributed by atoms with E-state index in [4.69, 9.17) is 5.10 Å². The Balaban J connectivity index is 1.41. The van der Waals surface area contributed by atoms with Gasteiger partial charge in [0.15, 0.2) is 0 Å². The fourth-order valence-electron chi connectivity index (χ4n) is 4.87. The number of hydrogen-bond acceptors (Lipinski definition) is 3. The Labute approximate surface area is 202 Å². The lowest BCUT2D eigenvalue weighted by molar-refractivity contribution is 0.425. The van der Waals surface area contributed by atoms with E-state index in [2.05, 4.69) is 139 Å². The Morgan fingerprint density at radius 2 is 1.21 bits per heavy atom. The van der Waals surface area contributed by atoms with E-state index in [1.807, 2.05) is 0 Å². The van der Waals surface area contributed by atoms with Gasteiger partial charge in [0.1, 0.15) is 0 Å². The molecule has 3 nitrogen and oxygen atoms in total. The van der Waals surface area contributed by atoms with E-state index < -0.39 is 0 Å². The lowest BCUT2D eigenvalue weighted by atomic mass is 9.75. The van der Waals surface area contributed by atoms with Crippen molar-refractivity contribution in [2.45, 2.75) is 33.0 Å². The maximum atomic E-state index is 5.20. The van der Waals surface area contributed by atoms with E-state index in [9.17, 15) is 0 Å². The van der Waals surface area contributed by atoms with E-state index in [-0.39, 0.29) is 11.5 Å². The van der Waals surface area contributed by atoms with Gasteiger partial charge in [0.25, 0.3) is 0 Å². The zero-order valence-electron chi connectivity index (χ0n) is 19.9. The molecule has 3 heteroatoms. The predicted molar refractivity (Wildman–Crippen MR) is 142 cm³/mol. The van der Waals surface area contributed by atoms with Gasteiger partial charge < -0.3 is 5.32 Å². The molecule has 1 aliphatic heterocycles. The first-order chi connectivity index (χ1) is 16.6. The van der Waals surface area contributed by atoms with Crippen LogP contribution in [0.15, 0.2) is 120 Å². The number of nitrogens with zero attached hydrogens (tertiary/aromatic N) is 2. The predicted octanol–water partition coefficient (Wildman–Crippen LogP) is 6.97. The second-order valence-electron chi connectivity index (χ2n) is 9.45. The topological polar surface area (TPSA) is 27.6 Å². The Morgan fingerprint density at radius 3 is 1.82 bits per heavy atom. The monoisotopic (exact) mass is 445 g/mol. The van der Waals surface area contributed by atoms with Crippen LogP contribution in [0.1, 0.15) is 42.1 Å². The van der Waals surface area contributed by atoms with Gasteiger partial charge in [0, 0.05) is 18.5 Å². The smallest absolute Gasteiger partial charge is 0.0882 e. The van der Waals surface area contributed by atoms with Gasteiger partial charge in [0.2, 0.25) is 0 Å². The standard InChI is InChI=1S/C31H31N3/c1-31(2)29(26-14-8-4-9-15-26)33-34(30(31)27-16-10-5-11-17-27)28-20-18-25(19-21-28)23-32-22-24-12-6-3-7-13-24/h3-21,30,32H,22-23H2,1-2H3/t30-/m0/s1. The van der Waals surface area contributed by atoms with Gasteiger partial charge in [0.05, 0.1) is 17.4 Å². The van der Waals surface area contributed by atoms with Crippen LogP contribution in [0, 0.1) is 5.41 Å². The summed E-state index contributed by atoms with van der Waals surface area (Å²) >= 11 is 0. The van der Waals surface area contributed by atoms with Gasteiger partial charge in [-0.1, -0.05) is 117 Å². The molecular weight excluding hydrogens is 414 g/mol. The van der Waals surface area contributed by atoms with E-state index in [0.717, 1.165) is 24.5 Å². The number of benzene rings is 4. The summed E-state index contributed by atoms with van der Waals surface area (Å²) in [5.74, 6) is 0. The highest BCUT2D eigenvalue weighted by molar-refractivity contribution is 6.07. The average molecular weight is 446 g/mol. The van der Waals surface area contributed by atoms with Crippen molar-refractivity contribution in [3.63, 3.8) is 0 Å². The molecule has 1 N–H and O–H groups in total. The first-order valence-corrected chi connectivity index (χ1v) is 12.0. The van der Waals surface area contributed by atoms with Gasteiger partial charge in [-0.25, -0.2) is 0 Å². The van der Waals surface area contributed by atoms with Gasteiger partial charge in [-0.3, -0.25) is 5.01 Å². The van der Waals surface area contributed by atoms with Crippen LogP contribution in [0.25, 0.3) is 0 Å². The normalized spacial score (nSPS) is 16.9. The van der Waals surface area contributed by atoms with Crippen LogP contribution < -0.4 is 10.3 Å². The molecule has 4 aromatic rings. The summed E-state index contributed by atoms with van der Waals surface area (Å²) in [5, 5.41) is 11.0. The lowest BCUT2D eigenvalue weighted by Gasteiger charge is -2.33. The second-order valence-corrected chi connectivity index (χ2v) is 9.45. The fourth-order valence-corrected chi connectivity index (χ4v) is 4.87. The fraction of sp³-hybridized carbons (Fsp3) is 0.194. The van der Waals surface area contributed by atoms with E-state index in [1.54, 1.807) is 0 Å². The van der Waals surface area contributed by atoms with Crippen molar-refractivity contribution in [1.82, 2.24) is 5.32 Å². The van der Waals surface area contributed by atoms with Gasteiger partial charge in [-0.05, 0) is 34.4 Å². The first kappa shape index (κ1) is 22.1. The molecule has 0 aliphatic carbocycles. The number of hydrazone groups is 1. The molecule has 0 saturated heterocycles. The largest absolute Gasteiger partial charge is 0.309 e. The molecule has 0 amide bonds. The zero-order valence-corrected chi connectivity index (χ0v) is 19.9. The molecule has 1 heterocycles. The third-order valence-corrected chi connectivity index (χ3v) is 6.61. The van der Waals surface area contributed by atoms with Crippen LogP contribution in [0.2, 0.25) is 0 Å². The Hall–Kier alpha value is -3.69. The summed E-state index contributed by atoms with van der Waals surface area (Å²) in [4.78, 5) is 0. The molecule has 5 rings (SSSR count). The minimum Gasteiger partial charge on any atom is -0.309 e. The molecule has 0 unspecified atom stereocenters. The highest BCUT2D eigenvalue weighted by Gasteiger charge is 2.45. The quantitative estimate of drug-likeness (QED) is 0.333. The van der Waals surface area contributed by atoms with Crippen LogP contribution in [0.3, 0.4) is 0 Å². The van der Waals surface area contributed by atoms with Crippen molar-refractivity contribution in [3.05, 3.63) is 138 Å². The molecule has 0 radical (unpaired) electrons. The van der Waals surface area contributed by atoms with Crippen molar-refractivity contribution in [2.24, 2.45) is 10.5 Å². The Bertz CT molecular complexity index is 1230. The zero-order chi connectivity index (χ0) is 23.4. The molecule has 0 aromatic heterocycles. The second kappa shape index (κ2) is 9.66. The molecule has 0 bridgehead atoms. The highest BCUT2D eigenvalue weighted by Crippen LogP contribution is 2.48. The summed E-state index contributed by atoms with van der Waals surface area (Å²) in [6.45, 7) is 6.31. The molecule has 0 fully saturated rings. The minimum atomic E-state index is -0.154. The van der Waals surface area contributed by atoms with E-state index in [1.165, 1.54) is 22.3 Å². The summed E-state index contributed by atoms with van der Waals surface area (Å²) < 4.78 is 0. The molecule has 0 saturated carbocycles. The van der Waals surface area contributed by atoms with Gasteiger partial charge in [-0.2, -0.15) is 5.10 Å². The van der Waals surface area contributed by atoms with Crippen molar-refractivity contribution < 1.29 is 0 Å². The number of hydrogen-bond donors (Lipinski definition) is 1. The molecule has 1 aliphatic rings. The summed E-state index contributed by atoms with van der Waals surface area (Å²) in [5.41, 5.74) is 7.09. The van der Waals surface area contributed by atoms with Crippen LogP contribution in [0.4, 0.5) is 5.69 Å². The van der Waals surface area contributed by atoms with Gasteiger partial charge in [-0.15, -0.1) is 0 Å². The lowest BCUT2D eigenvalue weighted by Crippen LogP contribution is -2.32. The number of anilines is 1. The van der Waals surface area contributed by atoms with Crippen LogP contribution in [0.5, 0.6) is 0 Å². The van der Waals surface area contributed by atoms with Crippen LogP contribution >= 0.6 is 0 Å². The third kappa shape index (κ3) is 4.52. The van der Waals surface area contributed by atoms with Crippen molar-refractivity contribution in [2.75, 3.05) is 5.01 Å². The molecule has 4 aromatic carbocycles. The molecule has 170 valence electrons. The van der Waals surface area contributed by atoms with Gasteiger partial charge >= 0.3 is 0 Å². The molecule has 34 heavy (non-hydrogen) atoms. The van der Waals surface area contributed by atoms with Crippen LogP contribution in [-0.2, 0) is 13.1 Å². The number of rotatable bonds is 7. The Morgan fingerprint density at radius 1 is 0.676 bits per heavy atom. The van der Waals surface area contributed by atoms with Crippen LogP contribution in [-0.4, -0.2) is 5.71 Å². The van der Waals surface area contributed by atoms with E-state index in [0.29, 0.717) is 0 Å².